The van der Waals surface area contributed by atoms with Gasteiger partial charge in [0.25, 0.3) is 5.91 Å². The van der Waals surface area contributed by atoms with Gasteiger partial charge in [-0.25, -0.2) is 18.6 Å². The first kappa shape index (κ1) is 19.2. The molecule has 3 aromatic carbocycles. The van der Waals surface area contributed by atoms with Crippen molar-refractivity contribution in [2.75, 3.05) is 0 Å². The minimum Gasteiger partial charge on any atom is -0.488 e. The summed E-state index contributed by atoms with van der Waals surface area (Å²) < 4.78 is 45.7. The van der Waals surface area contributed by atoms with Crippen molar-refractivity contribution >= 4 is 12.1 Å². The molecule has 0 bridgehead atoms. The summed E-state index contributed by atoms with van der Waals surface area (Å²) in [6.07, 6.45) is 0.893. The molecular weight excluding hydrogens is 369 g/mol. The lowest BCUT2D eigenvalue weighted by atomic mass is 10.2. The number of ether oxygens (including phenoxy) is 1. The van der Waals surface area contributed by atoms with E-state index in [4.69, 9.17) is 4.74 Å². The largest absolute Gasteiger partial charge is 0.488 e. The van der Waals surface area contributed by atoms with Gasteiger partial charge in [-0.2, -0.15) is 5.10 Å². The van der Waals surface area contributed by atoms with E-state index in [0.29, 0.717) is 0 Å². The van der Waals surface area contributed by atoms with Crippen LogP contribution in [0.15, 0.2) is 71.8 Å². The minimum absolute atomic E-state index is 0.133. The van der Waals surface area contributed by atoms with Crippen LogP contribution in [0.1, 0.15) is 21.5 Å². The Labute approximate surface area is 159 Å². The maximum absolute atomic E-state index is 13.6. The summed E-state index contributed by atoms with van der Waals surface area (Å²) in [5, 5.41) is 3.61. The van der Waals surface area contributed by atoms with Crippen molar-refractivity contribution in [2.45, 2.75) is 6.61 Å². The number of carbonyl (C=O) groups is 1. The molecule has 0 aromatic heterocycles. The van der Waals surface area contributed by atoms with Crippen LogP contribution in [0.4, 0.5) is 13.2 Å². The van der Waals surface area contributed by atoms with Gasteiger partial charge in [0.1, 0.15) is 29.8 Å². The number of carbonyl (C=O) groups excluding carboxylic acids is 1. The summed E-state index contributed by atoms with van der Waals surface area (Å²) in [5.41, 5.74) is 2.77. The van der Waals surface area contributed by atoms with Gasteiger partial charge in [0.2, 0.25) is 0 Å². The smallest absolute Gasteiger partial charge is 0.275 e. The standard InChI is InChI=1S/C21H15F3N2O2/c22-15-10-8-14(9-11-15)13-28-20-7-2-1-4-16(20)21(27)26-25-12-17-18(23)5-3-6-19(17)24/h1-12H,13H2,(H,26,27). The number of hydrogen-bond donors (Lipinski definition) is 1. The third-order valence-corrected chi connectivity index (χ3v) is 3.80. The van der Waals surface area contributed by atoms with Crippen LogP contribution >= 0.6 is 0 Å². The predicted octanol–water partition coefficient (Wildman–Crippen LogP) is 4.45. The molecular formula is C21H15F3N2O2. The van der Waals surface area contributed by atoms with Crippen LogP contribution in [-0.4, -0.2) is 12.1 Å². The Hall–Kier alpha value is -3.61. The minimum atomic E-state index is -0.791. The molecule has 1 N–H and O–H groups in total. The molecule has 3 rings (SSSR count). The molecule has 7 heteroatoms. The van der Waals surface area contributed by atoms with Gasteiger partial charge in [0.15, 0.2) is 0 Å². The number of hydrazone groups is 1. The van der Waals surface area contributed by atoms with E-state index in [0.717, 1.165) is 23.9 Å². The Kier molecular flexibility index (Phi) is 6.06. The third-order valence-electron chi connectivity index (χ3n) is 3.80. The molecule has 3 aromatic rings. The van der Waals surface area contributed by atoms with Crippen LogP contribution in [0.3, 0.4) is 0 Å². The maximum atomic E-state index is 13.6. The number of amides is 1. The Morgan fingerprint density at radius 2 is 1.61 bits per heavy atom. The van der Waals surface area contributed by atoms with Crippen molar-refractivity contribution in [3.63, 3.8) is 0 Å². The number of benzene rings is 3. The van der Waals surface area contributed by atoms with Crippen molar-refractivity contribution in [3.8, 4) is 5.75 Å². The van der Waals surface area contributed by atoms with Crippen LogP contribution in [0, 0.1) is 17.5 Å². The Morgan fingerprint density at radius 1 is 0.929 bits per heavy atom. The van der Waals surface area contributed by atoms with E-state index in [1.54, 1.807) is 30.3 Å². The molecule has 0 radical (unpaired) electrons. The van der Waals surface area contributed by atoms with Crippen LogP contribution in [0.5, 0.6) is 5.75 Å². The quantitative estimate of drug-likeness (QED) is 0.504. The first-order valence-electron chi connectivity index (χ1n) is 8.28. The van der Waals surface area contributed by atoms with Crippen LogP contribution < -0.4 is 10.2 Å². The highest BCUT2D eigenvalue weighted by Gasteiger charge is 2.12. The first-order valence-corrected chi connectivity index (χ1v) is 8.28. The third kappa shape index (κ3) is 4.76. The van der Waals surface area contributed by atoms with E-state index in [2.05, 4.69) is 10.5 Å². The number of rotatable bonds is 6. The second kappa shape index (κ2) is 8.85. The normalized spacial score (nSPS) is 10.8. The highest BCUT2D eigenvalue weighted by Crippen LogP contribution is 2.19. The van der Waals surface area contributed by atoms with E-state index < -0.39 is 17.5 Å². The second-order valence-corrected chi connectivity index (χ2v) is 5.75. The summed E-state index contributed by atoms with van der Waals surface area (Å²) in [5.74, 6) is -2.26. The van der Waals surface area contributed by atoms with Crippen molar-refractivity contribution in [2.24, 2.45) is 5.10 Å². The fourth-order valence-corrected chi connectivity index (χ4v) is 2.37. The average Bonchev–Trinajstić information content (AvgIpc) is 2.70. The zero-order chi connectivity index (χ0) is 19.9. The highest BCUT2D eigenvalue weighted by molar-refractivity contribution is 5.97. The summed E-state index contributed by atoms with van der Waals surface area (Å²) in [4.78, 5) is 12.3. The molecule has 142 valence electrons. The molecule has 0 aliphatic rings. The molecule has 0 atom stereocenters. The first-order chi connectivity index (χ1) is 13.5. The molecule has 0 fully saturated rings. The second-order valence-electron chi connectivity index (χ2n) is 5.75. The van der Waals surface area contributed by atoms with Crippen molar-refractivity contribution < 1.29 is 22.7 Å². The molecule has 0 aliphatic heterocycles. The van der Waals surface area contributed by atoms with E-state index in [-0.39, 0.29) is 29.3 Å². The molecule has 0 unspecified atom stereocenters. The lowest BCUT2D eigenvalue weighted by Gasteiger charge is -2.10. The zero-order valence-corrected chi connectivity index (χ0v) is 14.5. The van der Waals surface area contributed by atoms with Gasteiger partial charge in [0, 0.05) is 0 Å². The van der Waals surface area contributed by atoms with E-state index in [1.807, 2.05) is 0 Å². The van der Waals surface area contributed by atoms with Crippen molar-refractivity contribution in [1.29, 1.82) is 0 Å². The number of hydrogen-bond acceptors (Lipinski definition) is 3. The topological polar surface area (TPSA) is 50.7 Å². The molecule has 0 saturated carbocycles. The number of nitrogens with zero attached hydrogens (tertiary/aromatic N) is 1. The summed E-state index contributed by atoms with van der Waals surface area (Å²) in [6.45, 7) is 0.133. The van der Waals surface area contributed by atoms with Gasteiger partial charge < -0.3 is 4.74 Å². The molecule has 0 aliphatic carbocycles. The zero-order valence-electron chi connectivity index (χ0n) is 14.5. The van der Waals surface area contributed by atoms with E-state index >= 15 is 0 Å². The van der Waals surface area contributed by atoms with Crippen LogP contribution in [0.25, 0.3) is 0 Å². The van der Waals surface area contributed by atoms with Gasteiger partial charge in [-0.1, -0.05) is 30.3 Å². The maximum Gasteiger partial charge on any atom is 0.275 e. The Balaban J connectivity index is 1.68. The highest BCUT2D eigenvalue weighted by atomic mass is 19.1. The van der Waals surface area contributed by atoms with E-state index in [1.165, 1.54) is 24.3 Å². The monoisotopic (exact) mass is 384 g/mol. The molecule has 28 heavy (non-hydrogen) atoms. The lowest BCUT2D eigenvalue weighted by molar-refractivity contribution is 0.0950. The molecule has 1 amide bonds. The van der Waals surface area contributed by atoms with Gasteiger partial charge in [0.05, 0.1) is 17.3 Å². The fraction of sp³-hybridized carbons (Fsp3) is 0.0476. The average molecular weight is 384 g/mol. The van der Waals surface area contributed by atoms with Gasteiger partial charge in [-0.15, -0.1) is 0 Å². The van der Waals surface area contributed by atoms with Crippen molar-refractivity contribution in [1.82, 2.24) is 5.43 Å². The van der Waals surface area contributed by atoms with E-state index in [9.17, 15) is 18.0 Å². The SMILES string of the molecule is O=C(NN=Cc1c(F)cccc1F)c1ccccc1OCc1ccc(F)cc1. The summed E-state index contributed by atoms with van der Waals surface area (Å²) in [7, 11) is 0. The summed E-state index contributed by atoms with van der Waals surface area (Å²) in [6, 6.07) is 15.6. The molecule has 0 heterocycles. The van der Waals surface area contributed by atoms with Crippen LogP contribution in [-0.2, 0) is 6.61 Å². The fourth-order valence-electron chi connectivity index (χ4n) is 2.37. The van der Waals surface area contributed by atoms with Gasteiger partial charge >= 0.3 is 0 Å². The summed E-state index contributed by atoms with van der Waals surface area (Å²) >= 11 is 0. The molecule has 4 nitrogen and oxygen atoms in total. The molecule has 0 spiro atoms. The van der Waals surface area contributed by atoms with Crippen LogP contribution in [0.2, 0.25) is 0 Å². The number of halogens is 3. The number of nitrogens with one attached hydrogen (secondary N) is 1. The van der Waals surface area contributed by atoms with Gasteiger partial charge in [-0.05, 0) is 42.0 Å². The van der Waals surface area contributed by atoms with Crippen molar-refractivity contribution in [3.05, 3.63) is 101 Å². The lowest BCUT2D eigenvalue weighted by Crippen LogP contribution is -2.19. The Morgan fingerprint density at radius 3 is 2.32 bits per heavy atom. The molecule has 0 saturated heterocycles. The van der Waals surface area contributed by atoms with Gasteiger partial charge in [-0.3, -0.25) is 4.79 Å². The predicted molar refractivity (Wildman–Crippen MR) is 98.6 cm³/mol. The number of para-hydroxylation sites is 1. The Bertz CT molecular complexity index is 985.